The summed E-state index contributed by atoms with van der Waals surface area (Å²) in [5, 5.41) is 5.47. The Labute approximate surface area is 220 Å². The van der Waals surface area contributed by atoms with Gasteiger partial charge >= 0.3 is 6.09 Å². The second kappa shape index (κ2) is 13.1. The maximum atomic E-state index is 14.0. The molecule has 10 nitrogen and oxygen atoms in total. The average molecular weight is 521 g/mol. The number of likely N-dealkylation sites (tertiary alicyclic amines) is 1. The lowest BCUT2D eigenvalue weighted by Crippen LogP contribution is -2.59. The van der Waals surface area contributed by atoms with E-state index < -0.39 is 47.2 Å². The Balaban J connectivity index is 2.40. The predicted octanol–water partition coefficient (Wildman–Crippen LogP) is 2.45. The van der Waals surface area contributed by atoms with Gasteiger partial charge in [0.05, 0.1) is 12.1 Å². The molecule has 1 aliphatic heterocycles. The van der Waals surface area contributed by atoms with Gasteiger partial charge in [0, 0.05) is 6.54 Å². The smallest absolute Gasteiger partial charge is 0.408 e. The number of hydrogen-bond donors (Lipinski definition) is 3. The fourth-order valence-electron chi connectivity index (χ4n) is 5.51. The fraction of sp³-hybridized carbons (Fsp3) is 0.741. The highest BCUT2D eigenvalue weighted by molar-refractivity contribution is 6.37. The highest BCUT2D eigenvalue weighted by atomic mass is 16.6. The van der Waals surface area contributed by atoms with Crippen molar-refractivity contribution in [3.8, 4) is 0 Å². The van der Waals surface area contributed by atoms with Gasteiger partial charge in [0.25, 0.3) is 5.91 Å². The highest BCUT2D eigenvalue weighted by Crippen LogP contribution is 2.41. The van der Waals surface area contributed by atoms with E-state index in [2.05, 4.69) is 17.2 Å². The second-order valence-corrected chi connectivity index (χ2v) is 11.1. The molecule has 2 fully saturated rings. The quantitative estimate of drug-likeness (QED) is 0.266. The number of primary amides is 1. The zero-order valence-electron chi connectivity index (χ0n) is 22.9. The minimum Gasteiger partial charge on any atom is -0.447 e. The van der Waals surface area contributed by atoms with Gasteiger partial charge in [0.2, 0.25) is 17.6 Å². The van der Waals surface area contributed by atoms with Crippen LogP contribution in [0.4, 0.5) is 4.79 Å². The largest absolute Gasteiger partial charge is 0.447 e. The number of alkyl carbamates (subject to hydrolysis) is 1. The Bertz CT molecular complexity index is 880. The van der Waals surface area contributed by atoms with Crippen molar-refractivity contribution in [2.75, 3.05) is 6.54 Å². The van der Waals surface area contributed by atoms with Crippen LogP contribution in [-0.2, 0) is 23.9 Å². The van der Waals surface area contributed by atoms with E-state index in [1.54, 1.807) is 19.9 Å². The van der Waals surface area contributed by atoms with Crippen LogP contribution >= 0.6 is 0 Å². The molecule has 1 unspecified atom stereocenters. The topological polar surface area (TPSA) is 148 Å². The molecule has 1 heterocycles. The zero-order valence-corrected chi connectivity index (χ0v) is 22.9. The van der Waals surface area contributed by atoms with Gasteiger partial charge in [0.15, 0.2) is 0 Å². The zero-order chi connectivity index (χ0) is 27.9. The summed E-state index contributed by atoms with van der Waals surface area (Å²) in [6.07, 6.45) is 5.57. The third-order valence-corrected chi connectivity index (χ3v) is 7.64. The molecule has 10 heteroatoms. The fourth-order valence-corrected chi connectivity index (χ4v) is 5.51. The molecule has 37 heavy (non-hydrogen) atoms. The van der Waals surface area contributed by atoms with Crippen molar-refractivity contribution in [1.82, 2.24) is 15.5 Å². The van der Waals surface area contributed by atoms with Crippen LogP contribution in [0, 0.1) is 17.3 Å². The molecule has 0 bridgehead atoms. The molecule has 4 amide bonds. The molecule has 208 valence electrons. The first kappa shape index (κ1) is 30.3. The molecule has 0 aromatic rings. The lowest BCUT2D eigenvalue weighted by molar-refractivity contribution is -0.144. The van der Waals surface area contributed by atoms with E-state index in [4.69, 9.17) is 10.5 Å². The number of ether oxygens (including phenoxy) is 1. The lowest BCUT2D eigenvalue weighted by atomic mass is 9.74. The molecule has 0 aromatic heterocycles. The van der Waals surface area contributed by atoms with Crippen molar-refractivity contribution in [3.63, 3.8) is 0 Å². The minimum atomic E-state index is -1.12. The third kappa shape index (κ3) is 7.55. The Morgan fingerprint density at radius 3 is 2.24 bits per heavy atom. The van der Waals surface area contributed by atoms with Crippen LogP contribution in [-0.4, -0.2) is 65.3 Å². The van der Waals surface area contributed by atoms with Crippen LogP contribution in [0.1, 0.15) is 79.6 Å². The number of ketones is 1. The first-order chi connectivity index (χ1) is 17.3. The van der Waals surface area contributed by atoms with Crippen molar-refractivity contribution >= 4 is 29.6 Å². The van der Waals surface area contributed by atoms with Gasteiger partial charge < -0.3 is 26.0 Å². The number of nitrogens with two attached hydrogens (primary N) is 1. The van der Waals surface area contributed by atoms with Crippen LogP contribution in [0.5, 0.6) is 0 Å². The van der Waals surface area contributed by atoms with Crippen LogP contribution in [0.15, 0.2) is 12.7 Å². The van der Waals surface area contributed by atoms with Crippen LogP contribution in [0.3, 0.4) is 0 Å². The molecule has 2 aliphatic rings. The molecule has 0 spiro atoms. The van der Waals surface area contributed by atoms with E-state index in [0.29, 0.717) is 19.4 Å². The third-order valence-electron chi connectivity index (χ3n) is 7.64. The number of hydrogen-bond acceptors (Lipinski definition) is 6. The molecule has 0 radical (unpaired) electrons. The number of rotatable bonds is 12. The van der Waals surface area contributed by atoms with Gasteiger partial charge in [-0.05, 0) is 56.8 Å². The van der Waals surface area contributed by atoms with E-state index in [1.165, 1.54) is 4.90 Å². The summed E-state index contributed by atoms with van der Waals surface area (Å²) in [6.45, 7) is 13.4. The molecule has 0 aromatic carbocycles. The van der Waals surface area contributed by atoms with Crippen molar-refractivity contribution in [1.29, 1.82) is 0 Å². The number of carbonyl (C=O) groups excluding carboxylic acids is 5. The van der Waals surface area contributed by atoms with Crippen LogP contribution < -0.4 is 16.4 Å². The molecule has 1 saturated carbocycles. The van der Waals surface area contributed by atoms with Gasteiger partial charge in [-0.15, -0.1) is 6.58 Å². The van der Waals surface area contributed by atoms with Crippen molar-refractivity contribution in [2.45, 2.75) is 104 Å². The average Bonchev–Trinajstić information content (AvgIpc) is 3.51. The van der Waals surface area contributed by atoms with E-state index in [-0.39, 0.29) is 30.3 Å². The standard InChI is InChI=1S/C27H44N4O6/c1-7-11-19(22(32)23(28)33)29-24(34)21-18(27(5,6)8-2)14-15-31(21)25(35)20(17-12-9-10-13-17)30-26(36)37-16(3)4/h8,16-21H,2,7,9-15H2,1,3-6H3,(H2,28,33)(H,29,34)(H,30,36)/t18-,19?,20-,21-/m0/s1. The second-order valence-electron chi connectivity index (χ2n) is 11.1. The summed E-state index contributed by atoms with van der Waals surface area (Å²) in [4.78, 5) is 65.7. The molecule has 4 atom stereocenters. The Morgan fingerprint density at radius 2 is 1.73 bits per heavy atom. The summed E-state index contributed by atoms with van der Waals surface area (Å²) < 4.78 is 5.25. The molecule has 1 saturated heterocycles. The normalized spacial score (nSPS) is 21.8. The van der Waals surface area contributed by atoms with E-state index in [1.807, 2.05) is 20.8 Å². The van der Waals surface area contributed by atoms with Gasteiger partial charge in [-0.3, -0.25) is 19.2 Å². The molecular weight excluding hydrogens is 476 g/mol. The number of nitrogens with zero attached hydrogens (tertiary/aromatic N) is 1. The maximum Gasteiger partial charge on any atom is 0.408 e. The first-order valence-corrected chi connectivity index (χ1v) is 13.4. The van der Waals surface area contributed by atoms with Gasteiger partial charge in [0.1, 0.15) is 12.1 Å². The number of carbonyl (C=O) groups is 5. The van der Waals surface area contributed by atoms with Gasteiger partial charge in [-0.2, -0.15) is 0 Å². The Morgan fingerprint density at radius 1 is 1.11 bits per heavy atom. The van der Waals surface area contributed by atoms with Crippen molar-refractivity contribution < 1.29 is 28.7 Å². The molecular formula is C27H44N4O6. The van der Waals surface area contributed by atoms with Crippen LogP contribution in [0.2, 0.25) is 0 Å². The van der Waals surface area contributed by atoms with Gasteiger partial charge in [-0.1, -0.05) is 46.1 Å². The number of Topliss-reactive ketones (excluding diaryl/α,β-unsaturated/α-hetero) is 1. The van der Waals surface area contributed by atoms with Crippen molar-refractivity contribution in [2.24, 2.45) is 23.0 Å². The van der Waals surface area contributed by atoms with Gasteiger partial charge in [-0.25, -0.2) is 4.79 Å². The van der Waals surface area contributed by atoms with E-state index in [0.717, 1.165) is 25.7 Å². The van der Waals surface area contributed by atoms with Crippen LogP contribution in [0.25, 0.3) is 0 Å². The van der Waals surface area contributed by atoms with Crippen molar-refractivity contribution in [3.05, 3.63) is 12.7 Å². The number of amides is 4. The molecule has 1 aliphatic carbocycles. The maximum absolute atomic E-state index is 14.0. The number of nitrogens with one attached hydrogen (secondary N) is 2. The predicted molar refractivity (Wildman–Crippen MR) is 139 cm³/mol. The molecule has 2 rings (SSSR count). The highest BCUT2D eigenvalue weighted by Gasteiger charge is 2.50. The summed E-state index contributed by atoms with van der Waals surface area (Å²) >= 11 is 0. The van der Waals surface area contributed by atoms with E-state index in [9.17, 15) is 24.0 Å². The Kier molecular flexibility index (Phi) is 10.7. The lowest BCUT2D eigenvalue weighted by Gasteiger charge is -2.37. The summed E-state index contributed by atoms with van der Waals surface area (Å²) in [5.74, 6) is -3.20. The minimum absolute atomic E-state index is 0.0633. The summed E-state index contributed by atoms with van der Waals surface area (Å²) in [5.41, 5.74) is 4.71. The summed E-state index contributed by atoms with van der Waals surface area (Å²) in [7, 11) is 0. The summed E-state index contributed by atoms with van der Waals surface area (Å²) in [6, 6.07) is -2.80. The molecule has 4 N–H and O–H groups in total. The Hall–Kier alpha value is -2.91. The monoisotopic (exact) mass is 520 g/mol. The first-order valence-electron chi connectivity index (χ1n) is 13.4. The SMILES string of the molecule is C=CC(C)(C)[C@H]1CCN(C(=O)[C@@H](NC(=O)OC(C)C)C2CCCC2)[C@@H]1C(=O)NC(CCC)C(=O)C(N)=O. The number of allylic oxidation sites excluding steroid dienone is 1. The van der Waals surface area contributed by atoms with E-state index >= 15 is 0 Å².